The molecule has 0 heterocycles. The number of nitrogen functional groups attached to an aromatic ring is 1. The van der Waals surface area contributed by atoms with Gasteiger partial charge in [0.1, 0.15) is 11.4 Å². The fraction of sp³-hybridized carbons (Fsp3) is 0.538. The molecule has 118 valence electrons. The number of benzene rings is 1. The van der Waals surface area contributed by atoms with Crippen molar-refractivity contribution in [2.45, 2.75) is 12.8 Å². The molecule has 1 rings (SSSR count). The minimum absolute atomic E-state index is 0.0451. The molecule has 0 amide bonds. The van der Waals surface area contributed by atoms with E-state index < -0.39 is 4.92 Å². The van der Waals surface area contributed by atoms with Crippen LogP contribution in [0.4, 0.5) is 17.1 Å². The SMILES string of the molecule is COCCOCCCCNc1cccc(NN)c1[N+](=O)[O-]. The number of hydrogen-bond acceptors (Lipinski definition) is 7. The minimum Gasteiger partial charge on any atom is -0.382 e. The molecule has 0 aliphatic carbocycles. The van der Waals surface area contributed by atoms with Crippen molar-refractivity contribution in [3.8, 4) is 0 Å². The van der Waals surface area contributed by atoms with Crippen LogP contribution in [0.5, 0.6) is 0 Å². The molecule has 1 aromatic rings. The first-order valence-electron chi connectivity index (χ1n) is 6.75. The number of para-hydroxylation sites is 1. The lowest BCUT2D eigenvalue weighted by Crippen LogP contribution is -2.11. The lowest BCUT2D eigenvalue weighted by molar-refractivity contribution is -0.383. The molecule has 0 fully saturated rings. The van der Waals surface area contributed by atoms with E-state index in [1.54, 1.807) is 25.3 Å². The van der Waals surface area contributed by atoms with Gasteiger partial charge in [-0.25, -0.2) is 0 Å². The number of hydrogen-bond donors (Lipinski definition) is 3. The Bertz CT molecular complexity index is 442. The highest BCUT2D eigenvalue weighted by atomic mass is 16.6. The molecule has 0 atom stereocenters. The maximum Gasteiger partial charge on any atom is 0.316 e. The van der Waals surface area contributed by atoms with E-state index in [-0.39, 0.29) is 11.4 Å². The third kappa shape index (κ3) is 5.94. The highest BCUT2D eigenvalue weighted by Crippen LogP contribution is 2.31. The molecule has 0 saturated heterocycles. The zero-order chi connectivity index (χ0) is 15.5. The van der Waals surface area contributed by atoms with Crippen LogP contribution < -0.4 is 16.6 Å². The van der Waals surface area contributed by atoms with Gasteiger partial charge >= 0.3 is 5.69 Å². The Morgan fingerprint density at radius 2 is 2.00 bits per heavy atom. The lowest BCUT2D eigenvalue weighted by Gasteiger charge is -2.10. The summed E-state index contributed by atoms with van der Waals surface area (Å²) in [5, 5.41) is 14.1. The highest BCUT2D eigenvalue weighted by molar-refractivity contribution is 5.75. The molecule has 0 aliphatic heterocycles. The van der Waals surface area contributed by atoms with Crippen LogP contribution in [0.1, 0.15) is 12.8 Å². The molecule has 1 aromatic carbocycles. The highest BCUT2D eigenvalue weighted by Gasteiger charge is 2.18. The predicted molar refractivity (Wildman–Crippen MR) is 81.3 cm³/mol. The van der Waals surface area contributed by atoms with Crippen molar-refractivity contribution >= 4 is 17.1 Å². The van der Waals surface area contributed by atoms with Crippen molar-refractivity contribution < 1.29 is 14.4 Å². The van der Waals surface area contributed by atoms with E-state index in [9.17, 15) is 10.1 Å². The second-order valence-electron chi connectivity index (χ2n) is 4.34. The zero-order valence-electron chi connectivity index (χ0n) is 12.1. The minimum atomic E-state index is -0.453. The summed E-state index contributed by atoms with van der Waals surface area (Å²) in [7, 11) is 1.63. The van der Waals surface area contributed by atoms with Gasteiger partial charge in [-0.05, 0) is 25.0 Å². The maximum atomic E-state index is 11.1. The molecule has 4 N–H and O–H groups in total. The monoisotopic (exact) mass is 298 g/mol. The number of ether oxygens (including phenoxy) is 2. The van der Waals surface area contributed by atoms with E-state index >= 15 is 0 Å². The van der Waals surface area contributed by atoms with Crippen molar-refractivity contribution in [3.63, 3.8) is 0 Å². The summed E-state index contributed by atoms with van der Waals surface area (Å²) >= 11 is 0. The van der Waals surface area contributed by atoms with Crippen LogP contribution >= 0.6 is 0 Å². The smallest absolute Gasteiger partial charge is 0.316 e. The van der Waals surface area contributed by atoms with Gasteiger partial charge in [0.25, 0.3) is 0 Å². The van der Waals surface area contributed by atoms with Crippen LogP contribution in [0, 0.1) is 10.1 Å². The fourth-order valence-corrected chi connectivity index (χ4v) is 1.80. The molecule has 0 unspecified atom stereocenters. The van der Waals surface area contributed by atoms with Gasteiger partial charge in [-0.15, -0.1) is 0 Å². The van der Waals surface area contributed by atoms with Crippen LogP contribution in [0.25, 0.3) is 0 Å². The first kappa shape index (κ1) is 17.2. The van der Waals surface area contributed by atoms with Crippen LogP contribution in [0.3, 0.4) is 0 Å². The molecule has 0 saturated carbocycles. The maximum absolute atomic E-state index is 11.1. The Kier molecular flexibility index (Phi) is 8.10. The van der Waals surface area contributed by atoms with Gasteiger partial charge in [0.15, 0.2) is 0 Å². The van der Waals surface area contributed by atoms with Crippen molar-refractivity contribution in [2.75, 3.05) is 44.2 Å². The number of nitrogens with one attached hydrogen (secondary N) is 2. The summed E-state index contributed by atoms with van der Waals surface area (Å²) in [4.78, 5) is 10.6. The number of nitrogens with two attached hydrogens (primary N) is 1. The van der Waals surface area contributed by atoms with Gasteiger partial charge in [-0.3, -0.25) is 16.0 Å². The molecule has 0 spiro atoms. The molecule has 21 heavy (non-hydrogen) atoms. The summed E-state index contributed by atoms with van der Waals surface area (Å²) in [6.45, 7) is 2.45. The van der Waals surface area contributed by atoms with Gasteiger partial charge in [0, 0.05) is 20.3 Å². The van der Waals surface area contributed by atoms with E-state index in [0.29, 0.717) is 32.1 Å². The van der Waals surface area contributed by atoms with E-state index in [0.717, 1.165) is 12.8 Å². The number of unbranched alkanes of at least 4 members (excludes halogenated alkanes) is 1. The van der Waals surface area contributed by atoms with Crippen molar-refractivity contribution in [1.82, 2.24) is 0 Å². The Morgan fingerprint density at radius 1 is 1.24 bits per heavy atom. The number of methoxy groups -OCH3 is 1. The third-order valence-corrected chi connectivity index (χ3v) is 2.84. The first-order chi connectivity index (χ1) is 10.2. The van der Waals surface area contributed by atoms with Crippen LogP contribution in [0.15, 0.2) is 18.2 Å². The number of anilines is 2. The van der Waals surface area contributed by atoms with Gasteiger partial charge in [0.2, 0.25) is 0 Å². The second-order valence-corrected chi connectivity index (χ2v) is 4.34. The average molecular weight is 298 g/mol. The Balaban J connectivity index is 2.37. The van der Waals surface area contributed by atoms with Gasteiger partial charge < -0.3 is 20.2 Å². The predicted octanol–water partition coefficient (Wildman–Crippen LogP) is 1.74. The largest absolute Gasteiger partial charge is 0.382 e. The molecule has 0 radical (unpaired) electrons. The van der Waals surface area contributed by atoms with Crippen molar-refractivity contribution in [1.29, 1.82) is 0 Å². The Hall–Kier alpha value is -1.90. The van der Waals surface area contributed by atoms with Crippen LogP contribution in [-0.2, 0) is 9.47 Å². The lowest BCUT2D eigenvalue weighted by atomic mass is 10.2. The molecule has 8 nitrogen and oxygen atoms in total. The van der Waals surface area contributed by atoms with E-state index in [1.165, 1.54) is 0 Å². The Labute approximate surface area is 123 Å². The van der Waals surface area contributed by atoms with E-state index in [2.05, 4.69) is 10.7 Å². The van der Waals surface area contributed by atoms with Crippen LogP contribution in [0.2, 0.25) is 0 Å². The second kappa shape index (κ2) is 9.92. The van der Waals surface area contributed by atoms with Crippen molar-refractivity contribution in [2.24, 2.45) is 5.84 Å². The quantitative estimate of drug-likeness (QED) is 0.247. The van der Waals surface area contributed by atoms with Crippen LogP contribution in [-0.4, -0.2) is 38.4 Å². The molecule has 0 aromatic heterocycles. The number of nitro benzene ring substituents is 1. The molecular weight excluding hydrogens is 276 g/mol. The topological polar surface area (TPSA) is 112 Å². The van der Waals surface area contributed by atoms with E-state index in [4.69, 9.17) is 15.3 Å². The summed E-state index contributed by atoms with van der Waals surface area (Å²) < 4.78 is 10.2. The zero-order valence-corrected chi connectivity index (χ0v) is 12.1. The first-order valence-corrected chi connectivity index (χ1v) is 6.75. The standard InChI is InChI=1S/C13H22N4O4/c1-20-9-10-21-8-3-2-7-15-11-5-4-6-12(16-14)13(11)17(18)19/h4-6,15-16H,2-3,7-10,14H2,1H3. The van der Waals surface area contributed by atoms with Gasteiger partial charge in [-0.1, -0.05) is 6.07 Å². The normalized spacial score (nSPS) is 10.4. The molecular formula is C13H22N4O4. The molecule has 0 bridgehead atoms. The van der Waals surface area contributed by atoms with E-state index in [1.807, 2.05) is 0 Å². The number of hydrazine groups is 1. The molecule has 0 aliphatic rings. The summed E-state index contributed by atoms with van der Waals surface area (Å²) in [6.07, 6.45) is 1.73. The number of rotatable bonds is 11. The fourth-order valence-electron chi connectivity index (χ4n) is 1.80. The van der Waals surface area contributed by atoms with Crippen molar-refractivity contribution in [3.05, 3.63) is 28.3 Å². The third-order valence-electron chi connectivity index (χ3n) is 2.84. The summed E-state index contributed by atoms with van der Waals surface area (Å²) in [6, 6.07) is 4.93. The summed E-state index contributed by atoms with van der Waals surface area (Å²) in [5.41, 5.74) is 3.03. The average Bonchev–Trinajstić information content (AvgIpc) is 2.49. The molecule has 8 heteroatoms. The van der Waals surface area contributed by atoms with Gasteiger partial charge in [0.05, 0.1) is 18.1 Å². The number of nitro groups is 1. The summed E-state index contributed by atoms with van der Waals surface area (Å²) in [5.74, 6) is 5.28. The number of nitrogens with zero attached hydrogens (tertiary/aromatic N) is 1. The van der Waals surface area contributed by atoms with Gasteiger partial charge in [-0.2, -0.15) is 0 Å². The Morgan fingerprint density at radius 3 is 2.67 bits per heavy atom.